The van der Waals surface area contributed by atoms with Crippen LogP contribution in [0.25, 0.3) is 0 Å². The van der Waals surface area contributed by atoms with Crippen LogP contribution in [0.1, 0.15) is 28.4 Å². The molecule has 0 fully saturated rings. The van der Waals surface area contributed by atoms with Crippen LogP contribution in [0.15, 0.2) is 18.2 Å². The summed E-state index contributed by atoms with van der Waals surface area (Å²) in [4.78, 5) is 11.3. The van der Waals surface area contributed by atoms with Crippen molar-refractivity contribution in [2.24, 2.45) is 0 Å². The number of halogens is 1. The molecular formula is C11H7BrN2O. The minimum atomic E-state index is -0.321. The smallest absolute Gasteiger partial charge is 0.176 e. The Morgan fingerprint density at radius 3 is 2.07 bits per heavy atom. The first-order valence-corrected chi connectivity index (χ1v) is 5.13. The zero-order chi connectivity index (χ0) is 11.4. The highest BCUT2D eigenvalue weighted by Gasteiger charge is 2.13. The van der Waals surface area contributed by atoms with Gasteiger partial charge in [0.25, 0.3) is 0 Å². The second-order valence-corrected chi connectivity index (χ2v) is 4.38. The Kier molecular flexibility index (Phi) is 3.60. The Morgan fingerprint density at radius 2 is 1.73 bits per heavy atom. The summed E-state index contributed by atoms with van der Waals surface area (Å²) in [5.41, 5.74) is 1.03. The van der Waals surface area contributed by atoms with Crippen molar-refractivity contribution in [1.29, 1.82) is 10.5 Å². The van der Waals surface area contributed by atoms with E-state index in [1.807, 2.05) is 12.1 Å². The number of benzene rings is 1. The molecule has 4 heteroatoms. The van der Waals surface area contributed by atoms with Crippen molar-refractivity contribution in [1.82, 2.24) is 0 Å². The van der Waals surface area contributed by atoms with E-state index in [0.29, 0.717) is 16.7 Å². The lowest BCUT2D eigenvalue weighted by Gasteiger charge is -2.03. The van der Waals surface area contributed by atoms with Crippen LogP contribution in [0.3, 0.4) is 0 Å². The maximum Gasteiger partial charge on any atom is 0.176 e. The van der Waals surface area contributed by atoms with Gasteiger partial charge in [-0.25, -0.2) is 0 Å². The maximum absolute atomic E-state index is 11.6. The van der Waals surface area contributed by atoms with E-state index in [1.165, 1.54) is 18.2 Å². The van der Waals surface area contributed by atoms with Crippen molar-refractivity contribution < 1.29 is 4.79 Å². The summed E-state index contributed by atoms with van der Waals surface area (Å²) < 4.78 is 0. The van der Waals surface area contributed by atoms with Crippen LogP contribution in [0.4, 0.5) is 0 Å². The number of Topliss-reactive ketones (excluding diaryl/α,β-unsaturated/α-hetero) is 1. The highest BCUT2D eigenvalue weighted by Crippen LogP contribution is 2.14. The van der Waals surface area contributed by atoms with Gasteiger partial charge < -0.3 is 0 Å². The first-order valence-electron chi connectivity index (χ1n) is 4.22. The van der Waals surface area contributed by atoms with E-state index in [1.54, 1.807) is 6.92 Å². The van der Waals surface area contributed by atoms with Gasteiger partial charge in [-0.15, -0.1) is 0 Å². The van der Waals surface area contributed by atoms with Gasteiger partial charge in [-0.1, -0.05) is 15.9 Å². The molecule has 74 valence electrons. The van der Waals surface area contributed by atoms with E-state index in [9.17, 15) is 4.79 Å². The summed E-state index contributed by atoms with van der Waals surface area (Å²) in [5.74, 6) is -0.136. The van der Waals surface area contributed by atoms with Crippen LogP contribution in [-0.2, 0) is 0 Å². The standard InChI is InChI=1S/C11H7BrN2O/c1-7(12)11(15)10-3-8(5-13)2-9(4-10)6-14/h2-4,7H,1H3. The van der Waals surface area contributed by atoms with Crippen molar-refractivity contribution in [2.45, 2.75) is 11.8 Å². The van der Waals surface area contributed by atoms with Gasteiger partial charge in [-0.2, -0.15) is 10.5 Å². The van der Waals surface area contributed by atoms with E-state index in [2.05, 4.69) is 15.9 Å². The van der Waals surface area contributed by atoms with Crippen LogP contribution < -0.4 is 0 Å². The molecule has 1 rings (SSSR count). The average Bonchev–Trinajstić information content (AvgIpc) is 2.27. The largest absolute Gasteiger partial charge is 0.293 e. The summed E-state index contributed by atoms with van der Waals surface area (Å²) in [6.07, 6.45) is 0. The third kappa shape index (κ3) is 2.65. The molecule has 0 saturated heterocycles. The zero-order valence-electron chi connectivity index (χ0n) is 7.99. The molecule has 1 aromatic carbocycles. The normalized spacial score (nSPS) is 11.2. The first-order chi connectivity index (χ1) is 7.08. The number of hydrogen-bond acceptors (Lipinski definition) is 3. The van der Waals surface area contributed by atoms with Gasteiger partial charge in [0.05, 0.1) is 28.1 Å². The molecule has 1 aromatic rings. The lowest BCUT2D eigenvalue weighted by Crippen LogP contribution is -2.10. The Labute approximate surface area is 96.1 Å². The molecule has 0 bridgehead atoms. The van der Waals surface area contributed by atoms with E-state index < -0.39 is 0 Å². The molecule has 0 amide bonds. The summed E-state index contributed by atoms with van der Waals surface area (Å²) in [5, 5.41) is 17.4. The molecule has 1 unspecified atom stereocenters. The summed E-state index contributed by atoms with van der Waals surface area (Å²) >= 11 is 3.15. The van der Waals surface area contributed by atoms with Gasteiger partial charge in [0.15, 0.2) is 5.78 Å². The predicted octanol–water partition coefficient (Wildman–Crippen LogP) is 2.40. The molecule has 0 aromatic heterocycles. The maximum atomic E-state index is 11.6. The number of carbonyl (C=O) groups is 1. The lowest BCUT2D eigenvalue weighted by molar-refractivity contribution is 0.0996. The van der Waals surface area contributed by atoms with E-state index in [-0.39, 0.29) is 10.6 Å². The van der Waals surface area contributed by atoms with Crippen molar-refractivity contribution in [3.8, 4) is 12.1 Å². The number of ketones is 1. The summed E-state index contributed by atoms with van der Waals surface area (Å²) in [6, 6.07) is 8.26. The second kappa shape index (κ2) is 4.72. The van der Waals surface area contributed by atoms with Gasteiger partial charge in [0.2, 0.25) is 0 Å². The van der Waals surface area contributed by atoms with E-state index in [4.69, 9.17) is 10.5 Å². The number of nitrogens with zero attached hydrogens (tertiary/aromatic N) is 2. The average molecular weight is 263 g/mol. The summed E-state index contributed by atoms with van der Waals surface area (Å²) in [7, 11) is 0. The lowest BCUT2D eigenvalue weighted by atomic mass is 10.0. The minimum Gasteiger partial charge on any atom is -0.293 e. The number of hydrogen-bond donors (Lipinski definition) is 0. The Balaban J connectivity index is 3.27. The molecular weight excluding hydrogens is 256 g/mol. The van der Waals surface area contributed by atoms with Gasteiger partial charge >= 0.3 is 0 Å². The Hall–Kier alpha value is -1.65. The fraction of sp³-hybridized carbons (Fsp3) is 0.182. The first kappa shape index (κ1) is 11.4. The molecule has 0 spiro atoms. The molecule has 0 radical (unpaired) electrons. The van der Waals surface area contributed by atoms with Crippen LogP contribution in [-0.4, -0.2) is 10.6 Å². The molecule has 0 heterocycles. The number of rotatable bonds is 2. The number of carbonyl (C=O) groups excluding carboxylic acids is 1. The molecule has 0 aliphatic rings. The fourth-order valence-corrected chi connectivity index (χ4v) is 1.39. The SMILES string of the molecule is CC(Br)C(=O)c1cc(C#N)cc(C#N)c1. The van der Waals surface area contributed by atoms with Crippen LogP contribution in [0.5, 0.6) is 0 Å². The summed E-state index contributed by atoms with van der Waals surface area (Å²) in [6.45, 7) is 1.70. The molecule has 15 heavy (non-hydrogen) atoms. The monoisotopic (exact) mass is 262 g/mol. The van der Waals surface area contributed by atoms with Crippen molar-refractivity contribution in [3.05, 3.63) is 34.9 Å². The quantitative estimate of drug-likeness (QED) is 0.607. The zero-order valence-corrected chi connectivity index (χ0v) is 9.58. The van der Waals surface area contributed by atoms with Crippen molar-refractivity contribution in [3.63, 3.8) is 0 Å². The fourth-order valence-electron chi connectivity index (χ4n) is 1.13. The van der Waals surface area contributed by atoms with Crippen molar-refractivity contribution >= 4 is 21.7 Å². The molecule has 0 aliphatic carbocycles. The third-order valence-corrected chi connectivity index (χ3v) is 2.25. The number of alkyl halides is 1. The second-order valence-electron chi connectivity index (χ2n) is 3.00. The van der Waals surface area contributed by atoms with Crippen LogP contribution in [0, 0.1) is 22.7 Å². The van der Waals surface area contributed by atoms with Crippen molar-refractivity contribution in [2.75, 3.05) is 0 Å². The van der Waals surface area contributed by atoms with Crippen LogP contribution >= 0.6 is 15.9 Å². The molecule has 3 nitrogen and oxygen atoms in total. The molecule has 0 N–H and O–H groups in total. The van der Waals surface area contributed by atoms with E-state index >= 15 is 0 Å². The Bertz CT molecular complexity index is 448. The third-order valence-electron chi connectivity index (χ3n) is 1.84. The van der Waals surface area contributed by atoms with Crippen LogP contribution in [0.2, 0.25) is 0 Å². The van der Waals surface area contributed by atoms with Gasteiger partial charge in [-0.3, -0.25) is 4.79 Å². The molecule has 1 atom stereocenters. The molecule has 0 aliphatic heterocycles. The number of nitriles is 2. The molecule has 0 saturated carbocycles. The predicted molar refractivity (Wildman–Crippen MR) is 58.6 cm³/mol. The van der Waals surface area contributed by atoms with E-state index in [0.717, 1.165) is 0 Å². The van der Waals surface area contributed by atoms with Gasteiger partial charge in [0.1, 0.15) is 0 Å². The highest BCUT2D eigenvalue weighted by molar-refractivity contribution is 9.10. The Morgan fingerprint density at radius 1 is 1.27 bits per heavy atom. The highest BCUT2D eigenvalue weighted by atomic mass is 79.9. The topological polar surface area (TPSA) is 64.7 Å². The minimum absolute atomic E-state index is 0.136. The van der Waals surface area contributed by atoms with Gasteiger partial charge in [0, 0.05) is 5.56 Å². The van der Waals surface area contributed by atoms with Gasteiger partial charge in [-0.05, 0) is 25.1 Å².